The van der Waals surface area contributed by atoms with Gasteiger partial charge >= 0.3 is 0 Å². The first-order valence-corrected chi connectivity index (χ1v) is 6.04. The molecule has 0 amide bonds. The second kappa shape index (κ2) is 4.62. The second-order valence-electron chi connectivity index (χ2n) is 4.43. The molecular formula is C15H11N2O3-. The van der Waals surface area contributed by atoms with E-state index in [0.717, 1.165) is 16.5 Å². The summed E-state index contributed by atoms with van der Waals surface area (Å²) in [6.07, 6.45) is 7.98. The highest BCUT2D eigenvalue weighted by molar-refractivity contribution is 6.03. The molecule has 2 aromatic rings. The Morgan fingerprint density at radius 2 is 1.75 bits per heavy atom. The second-order valence-corrected chi connectivity index (χ2v) is 4.43. The zero-order valence-electron chi connectivity index (χ0n) is 10.4. The van der Waals surface area contributed by atoms with Crippen LogP contribution in [0.4, 0.5) is 0 Å². The summed E-state index contributed by atoms with van der Waals surface area (Å²) in [4.78, 5) is 2.46. The molecule has 3 rings (SSSR count). The van der Waals surface area contributed by atoms with Crippen molar-refractivity contribution in [3.05, 3.63) is 70.1 Å². The standard InChI is InChI=1S/C15H11N2O3/c18-15-13(12-3-1-2-4-14(12)16-15)9-10-5-7-11(8-6-10)17(19)20/h1-9,16H,(H-,18,19,20)/q-1. The molecule has 0 atom stereocenters. The van der Waals surface area contributed by atoms with E-state index in [1.807, 2.05) is 24.3 Å². The van der Waals surface area contributed by atoms with Gasteiger partial charge in [0.15, 0.2) is 5.88 Å². The molecule has 0 saturated carbocycles. The number of benzene rings is 1. The molecule has 20 heavy (non-hydrogen) atoms. The number of fused-ring (bicyclic) bond motifs is 1. The van der Waals surface area contributed by atoms with Crippen LogP contribution in [0.15, 0.2) is 54.1 Å². The third kappa shape index (κ3) is 2.05. The molecule has 5 heteroatoms. The number of aromatic hydroxyl groups is 1. The number of H-pyrrole nitrogens is 1. The number of aromatic amines is 1. The van der Waals surface area contributed by atoms with Gasteiger partial charge in [-0.15, -0.1) is 0 Å². The minimum Gasteiger partial charge on any atom is -0.612 e. The number of hydrogen-bond acceptors (Lipinski definition) is 3. The first kappa shape index (κ1) is 12.1. The Balaban J connectivity index is 2.05. The van der Waals surface area contributed by atoms with Crippen molar-refractivity contribution in [2.75, 3.05) is 0 Å². The van der Waals surface area contributed by atoms with Crippen LogP contribution in [-0.2, 0) is 0 Å². The van der Waals surface area contributed by atoms with Crippen molar-refractivity contribution in [2.24, 2.45) is 0 Å². The molecule has 1 aromatic carbocycles. The Morgan fingerprint density at radius 3 is 2.45 bits per heavy atom. The molecule has 0 unspecified atom stereocenters. The topological polar surface area (TPSA) is 85.2 Å². The third-order valence-electron chi connectivity index (χ3n) is 3.14. The summed E-state index contributed by atoms with van der Waals surface area (Å²) in [5.41, 5.74) is 2.36. The number of nitrogens with one attached hydrogen (secondary N) is 1. The van der Waals surface area contributed by atoms with Crippen LogP contribution in [0.5, 0.6) is 5.88 Å². The Labute approximate surface area is 114 Å². The van der Waals surface area contributed by atoms with Gasteiger partial charge in [-0.2, -0.15) is 4.90 Å². The number of rotatable bonds is 1. The first-order valence-electron chi connectivity index (χ1n) is 6.04. The van der Waals surface area contributed by atoms with Gasteiger partial charge in [0.1, 0.15) is 0 Å². The van der Waals surface area contributed by atoms with Crippen LogP contribution in [0.25, 0.3) is 17.0 Å². The summed E-state index contributed by atoms with van der Waals surface area (Å²) in [7, 11) is 0. The van der Waals surface area contributed by atoms with Gasteiger partial charge in [0.2, 0.25) is 5.71 Å². The molecule has 100 valence electrons. The quantitative estimate of drug-likeness (QED) is 0.615. The average Bonchev–Trinajstić information content (AvgIpc) is 2.76. The third-order valence-corrected chi connectivity index (χ3v) is 3.14. The highest BCUT2D eigenvalue weighted by Gasteiger charge is 2.09. The molecule has 0 spiro atoms. The normalized spacial score (nSPS) is 14.0. The molecule has 0 saturated heterocycles. The van der Waals surface area contributed by atoms with Crippen molar-refractivity contribution in [2.45, 2.75) is 0 Å². The van der Waals surface area contributed by atoms with Crippen LogP contribution < -0.4 is 0 Å². The summed E-state index contributed by atoms with van der Waals surface area (Å²) in [6.45, 7) is 0. The van der Waals surface area contributed by atoms with Gasteiger partial charge < -0.3 is 20.5 Å². The number of aromatic nitrogens is 1. The van der Waals surface area contributed by atoms with Gasteiger partial charge in [-0.3, -0.25) is 0 Å². The maximum absolute atomic E-state index is 10.6. The molecule has 1 aliphatic rings. The fourth-order valence-electron chi connectivity index (χ4n) is 2.15. The van der Waals surface area contributed by atoms with Gasteiger partial charge in [-0.05, 0) is 29.9 Å². The van der Waals surface area contributed by atoms with Crippen molar-refractivity contribution >= 4 is 22.7 Å². The monoisotopic (exact) mass is 267 g/mol. The molecule has 0 radical (unpaired) electrons. The van der Waals surface area contributed by atoms with Gasteiger partial charge in [0.05, 0.1) is 0 Å². The zero-order valence-corrected chi connectivity index (χ0v) is 10.4. The lowest BCUT2D eigenvalue weighted by atomic mass is 10.0. The molecule has 0 fully saturated rings. The average molecular weight is 267 g/mol. The number of para-hydroxylation sites is 1. The van der Waals surface area contributed by atoms with Crippen molar-refractivity contribution in [1.82, 2.24) is 4.98 Å². The molecule has 1 aliphatic carbocycles. The summed E-state index contributed by atoms with van der Waals surface area (Å²) in [5.74, 6) is 0.0875. The predicted octanol–water partition coefficient (Wildman–Crippen LogP) is 2.83. The van der Waals surface area contributed by atoms with E-state index >= 15 is 0 Å². The number of hydrogen-bond donors (Lipinski definition) is 2. The number of nitrogens with zero attached hydrogens (tertiary/aromatic N) is 1. The van der Waals surface area contributed by atoms with Crippen molar-refractivity contribution in [1.29, 1.82) is 0 Å². The highest BCUT2D eigenvalue weighted by Crippen LogP contribution is 2.29. The van der Waals surface area contributed by atoms with E-state index in [-0.39, 0.29) is 11.6 Å². The lowest BCUT2D eigenvalue weighted by molar-refractivity contribution is -0.377. The van der Waals surface area contributed by atoms with Gasteiger partial charge in [0, 0.05) is 28.6 Å². The Morgan fingerprint density at radius 1 is 1.05 bits per heavy atom. The van der Waals surface area contributed by atoms with Gasteiger partial charge in [-0.1, -0.05) is 18.2 Å². The minimum absolute atomic E-state index is 0.0466. The smallest absolute Gasteiger partial charge is 0.222 e. The summed E-state index contributed by atoms with van der Waals surface area (Å²) < 4.78 is 0. The Bertz CT molecular complexity index is 773. The lowest BCUT2D eigenvalue weighted by Gasteiger charge is -2.08. The van der Waals surface area contributed by atoms with E-state index in [9.17, 15) is 15.5 Å². The Hall–Kier alpha value is -2.95. The molecule has 1 heterocycles. The summed E-state index contributed by atoms with van der Waals surface area (Å²) in [6, 6.07) is 7.56. The van der Waals surface area contributed by atoms with E-state index in [4.69, 9.17) is 0 Å². The van der Waals surface area contributed by atoms with Gasteiger partial charge in [0.25, 0.3) is 0 Å². The predicted molar refractivity (Wildman–Crippen MR) is 78.2 cm³/mol. The van der Waals surface area contributed by atoms with E-state index in [1.165, 1.54) is 12.2 Å². The van der Waals surface area contributed by atoms with Crippen molar-refractivity contribution in [3.8, 4) is 5.88 Å². The molecule has 0 aliphatic heterocycles. The molecular weight excluding hydrogens is 256 g/mol. The van der Waals surface area contributed by atoms with Crippen LogP contribution in [-0.4, -0.2) is 20.7 Å². The maximum atomic E-state index is 10.6. The summed E-state index contributed by atoms with van der Waals surface area (Å²) >= 11 is 0. The van der Waals surface area contributed by atoms with Crippen LogP contribution >= 0.6 is 0 Å². The molecule has 1 aromatic heterocycles. The summed E-state index contributed by atoms with van der Waals surface area (Å²) in [5, 5.41) is 32.1. The van der Waals surface area contributed by atoms with Crippen LogP contribution in [0.1, 0.15) is 5.56 Å². The SMILES string of the molecule is [O-][N+]([O-])=C1C=CC(=Cc2c(O)[nH]c3ccccc23)C=C1. The highest BCUT2D eigenvalue weighted by atomic mass is 16.8. The van der Waals surface area contributed by atoms with E-state index in [2.05, 4.69) is 4.98 Å². The van der Waals surface area contributed by atoms with Crippen molar-refractivity contribution < 1.29 is 10.0 Å². The van der Waals surface area contributed by atoms with Gasteiger partial charge in [-0.25, -0.2) is 0 Å². The fourth-order valence-corrected chi connectivity index (χ4v) is 2.15. The van der Waals surface area contributed by atoms with Crippen molar-refractivity contribution in [3.63, 3.8) is 0 Å². The maximum Gasteiger partial charge on any atom is 0.222 e. The molecule has 5 nitrogen and oxygen atoms in total. The largest absolute Gasteiger partial charge is 0.612 e. The van der Waals surface area contributed by atoms with Crippen LogP contribution in [0.2, 0.25) is 0 Å². The van der Waals surface area contributed by atoms with Crippen LogP contribution in [0, 0.1) is 10.4 Å². The minimum atomic E-state index is -0.438. The first-order chi connectivity index (χ1) is 9.65. The van der Waals surface area contributed by atoms with E-state index in [1.54, 1.807) is 18.2 Å². The van der Waals surface area contributed by atoms with Crippen LogP contribution in [0.3, 0.4) is 0 Å². The lowest BCUT2D eigenvalue weighted by Crippen LogP contribution is -2.06. The van der Waals surface area contributed by atoms with E-state index in [0.29, 0.717) is 5.56 Å². The Kier molecular flexibility index (Phi) is 2.80. The fraction of sp³-hybridized carbons (Fsp3) is 0. The molecule has 0 bridgehead atoms. The molecule has 2 N–H and O–H groups in total. The van der Waals surface area contributed by atoms with E-state index < -0.39 is 4.90 Å². The number of allylic oxidation sites excluding steroid dienone is 5. The zero-order chi connectivity index (χ0) is 14.1.